The van der Waals surface area contributed by atoms with E-state index >= 15 is 0 Å². The first-order valence-corrected chi connectivity index (χ1v) is 15.1. The maximum Gasteiger partial charge on any atom is 0.321 e. The van der Waals surface area contributed by atoms with Gasteiger partial charge in [-0.05, 0) is 54.1 Å². The van der Waals surface area contributed by atoms with E-state index < -0.39 is 0 Å². The van der Waals surface area contributed by atoms with E-state index in [2.05, 4.69) is 27.4 Å². The molecule has 0 aliphatic carbocycles. The maximum absolute atomic E-state index is 13.7. The minimum atomic E-state index is -0.160. The summed E-state index contributed by atoms with van der Waals surface area (Å²) in [5, 5.41) is 7.51. The summed E-state index contributed by atoms with van der Waals surface area (Å²) < 4.78 is 7.30. The third-order valence-corrected chi connectivity index (χ3v) is 8.28. The minimum absolute atomic E-state index is 0.149. The number of aromatic nitrogens is 2. The van der Waals surface area contributed by atoms with Crippen LogP contribution in [0, 0.1) is 0 Å². The molecular formula is C34H31N5O3S. The molecule has 1 aliphatic rings. The summed E-state index contributed by atoms with van der Waals surface area (Å²) in [7, 11) is 0. The van der Waals surface area contributed by atoms with Crippen molar-refractivity contribution >= 4 is 29.2 Å². The van der Waals surface area contributed by atoms with Crippen LogP contribution < -0.4 is 20.5 Å². The largest absolute Gasteiger partial charge is 0.457 e. The van der Waals surface area contributed by atoms with Gasteiger partial charge in [-0.15, -0.1) is 11.8 Å². The Morgan fingerprint density at radius 2 is 1.37 bits per heavy atom. The van der Waals surface area contributed by atoms with Crippen molar-refractivity contribution in [1.29, 1.82) is 0 Å². The number of para-hydroxylation sites is 2. The van der Waals surface area contributed by atoms with Gasteiger partial charge >= 0.3 is 6.03 Å². The van der Waals surface area contributed by atoms with Crippen molar-refractivity contribution in [1.82, 2.24) is 14.7 Å². The van der Waals surface area contributed by atoms with Crippen LogP contribution in [0.25, 0.3) is 5.69 Å². The van der Waals surface area contributed by atoms with E-state index in [0.29, 0.717) is 48.3 Å². The van der Waals surface area contributed by atoms with Gasteiger partial charge in [-0.3, -0.25) is 4.79 Å². The van der Waals surface area contributed by atoms with E-state index in [1.165, 1.54) is 16.4 Å². The number of carbonyl (C=O) groups is 1. The highest BCUT2D eigenvalue weighted by atomic mass is 32.2. The van der Waals surface area contributed by atoms with Gasteiger partial charge in [0.2, 0.25) is 0 Å². The van der Waals surface area contributed by atoms with Crippen molar-refractivity contribution in [2.75, 3.05) is 36.4 Å². The Kier molecular flexibility index (Phi) is 8.70. The number of rotatable bonds is 8. The van der Waals surface area contributed by atoms with Crippen molar-refractivity contribution < 1.29 is 9.53 Å². The molecule has 1 saturated heterocycles. The molecule has 0 radical (unpaired) electrons. The lowest BCUT2D eigenvalue weighted by molar-refractivity contribution is 0.208. The van der Waals surface area contributed by atoms with Crippen LogP contribution in [-0.4, -0.2) is 46.9 Å². The van der Waals surface area contributed by atoms with Gasteiger partial charge in [0.05, 0.1) is 17.6 Å². The first-order chi connectivity index (χ1) is 21.1. The molecule has 0 saturated carbocycles. The Morgan fingerprint density at radius 3 is 2.05 bits per heavy atom. The van der Waals surface area contributed by atoms with E-state index in [9.17, 15) is 9.59 Å². The second-order valence-electron chi connectivity index (χ2n) is 10.0. The molecular weight excluding hydrogens is 558 g/mol. The van der Waals surface area contributed by atoms with E-state index in [4.69, 9.17) is 4.74 Å². The van der Waals surface area contributed by atoms with Gasteiger partial charge in [0.1, 0.15) is 16.4 Å². The number of carbonyl (C=O) groups excluding carboxylic acids is 1. The van der Waals surface area contributed by atoms with Gasteiger partial charge in [0, 0.05) is 37.6 Å². The van der Waals surface area contributed by atoms with Gasteiger partial charge < -0.3 is 19.9 Å². The number of nitrogens with zero attached hydrogens (tertiary/aromatic N) is 4. The standard InChI is InChI=1S/C34H31N5O3S/c40-33-32(43-25-26-10-4-1-5-11-26)31(24-35-39(33)28-12-6-2-7-13-28)37-20-22-38(23-21-37)34(41)36-27-16-18-30(19-17-27)42-29-14-8-3-9-15-29/h1-19,24H,20-23,25H2,(H,36,41). The lowest BCUT2D eigenvalue weighted by atomic mass is 10.2. The molecule has 0 spiro atoms. The molecule has 4 aromatic carbocycles. The molecule has 1 aromatic heterocycles. The number of thioether (sulfide) groups is 1. The van der Waals surface area contributed by atoms with Gasteiger partial charge in [0.15, 0.2) is 0 Å². The summed E-state index contributed by atoms with van der Waals surface area (Å²) >= 11 is 1.52. The number of hydrogen-bond acceptors (Lipinski definition) is 6. The Labute approximate surface area is 254 Å². The fourth-order valence-electron chi connectivity index (χ4n) is 4.86. The molecule has 0 bridgehead atoms. The van der Waals surface area contributed by atoms with Crippen LogP contribution >= 0.6 is 11.8 Å². The number of piperazine rings is 1. The van der Waals surface area contributed by atoms with Crippen LogP contribution in [0.4, 0.5) is 16.2 Å². The summed E-state index contributed by atoms with van der Waals surface area (Å²) in [6.07, 6.45) is 1.77. The van der Waals surface area contributed by atoms with Crippen LogP contribution in [0.3, 0.4) is 0 Å². The highest BCUT2D eigenvalue weighted by Gasteiger charge is 2.25. The smallest absolute Gasteiger partial charge is 0.321 e. The first kappa shape index (κ1) is 28.1. The van der Waals surface area contributed by atoms with Gasteiger partial charge in [-0.2, -0.15) is 9.78 Å². The Hall–Kier alpha value is -5.02. The fourth-order valence-corrected chi connectivity index (χ4v) is 5.90. The molecule has 0 atom stereocenters. The zero-order chi connectivity index (χ0) is 29.4. The second kappa shape index (κ2) is 13.3. The van der Waals surface area contributed by atoms with Gasteiger partial charge in [-0.1, -0.05) is 66.7 Å². The second-order valence-corrected chi connectivity index (χ2v) is 11.0. The Balaban J connectivity index is 1.12. The fraction of sp³-hybridized carbons (Fsp3) is 0.147. The molecule has 5 aromatic rings. The summed E-state index contributed by atoms with van der Waals surface area (Å²) in [5.74, 6) is 2.12. The van der Waals surface area contributed by atoms with Crippen molar-refractivity contribution in [3.8, 4) is 17.2 Å². The van der Waals surface area contributed by atoms with E-state index in [1.54, 1.807) is 11.1 Å². The highest BCUT2D eigenvalue weighted by molar-refractivity contribution is 7.98. The zero-order valence-electron chi connectivity index (χ0n) is 23.5. The lowest BCUT2D eigenvalue weighted by Crippen LogP contribution is -2.50. The number of amides is 2. The molecule has 216 valence electrons. The monoisotopic (exact) mass is 589 g/mol. The highest BCUT2D eigenvalue weighted by Crippen LogP contribution is 2.30. The predicted molar refractivity (Wildman–Crippen MR) is 172 cm³/mol. The number of hydrogen-bond donors (Lipinski definition) is 1. The Morgan fingerprint density at radius 1 is 0.767 bits per heavy atom. The summed E-state index contributed by atoms with van der Waals surface area (Å²) in [6.45, 7) is 2.22. The predicted octanol–water partition coefficient (Wildman–Crippen LogP) is 6.67. The molecule has 6 rings (SSSR count). The molecule has 1 fully saturated rings. The molecule has 43 heavy (non-hydrogen) atoms. The molecule has 1 N–H and O–H groups in total. The van der Waals surface area contributed by atoms with Crippen molar-refractivity contribution in [3.63, 3.8) is 0 Å². The molecule has 9 heteroatoms. The summed E-state index contributed by atoms with van der Waals surface area (Å²) in [6, 6.07) is 36.3. The van der Waals surface area contributed by atoms with Crippen molar-refractivity contribution in [2.24, 2.45) is 0 Å². The maximum atomic E-state index is 13.7. The quantitative estimate of drug-likeness (QED) is 0.204. The van der Waals surface area contributed by atoms with E-state index in [-0.39, 0.29) is 11.6 Å². The SMILES string of the molecule is O=C(Nc1ccc(Oc2ccccc2)cc1)N1CCN(c2cnn(-c3ccccc3)c(=O)c2SCc2ccccc2)CC1. The number of benzene rings is 4. The third kappa shape index (κ3) is 6.90. The lowest BCUT2D eigenvalue weighted by Gasteiger charge is -2.36. The van der Waals surface area contributed by atoms with E-state index in [1.807, 2.05) is 103 Å². The van der Waals surface area contributed by atoms with Crippen LogP contribution in [-0.2, 0) is 5.75 Å². The first-order valence-electron chi connectivity index (χ1n) is 14.1. The molecule has 0 unspecified atom stereocenters. The van der Waals surface area contributed by atoms with Crippen LogP contribution in [0.15, 0.2) is 131 Å². The minimum Gasteiger partial charge on any atom is -0.457 e. The molecule has 2 amide bonds. The normalized spacial score (nSPS) is 13.0. The number of urea groups is 1. The van der Waals surface area contributed by atoms with Crippen molar-refractivity contribution in [2.45, 2.75) is 10.6 Å². The molecule has 8 nitrogen and oxygen atoms in total. The third-order valence-electron chi connectivity index (χ3n) is 7.13. The van der Waals surface area contributed by atoms with Crippen LogP contribution in [0.2, 0.25) is 0 Å². The zero-order valence-corrected chi connectivity index (χ0v) is 24.3. The average molecular weight is 590 g/mol. The Bertz CT molecular complexity index is 1710. The number of anilines is 2. The topological polar surface area (TPSA) is 79.7 Å². The number of ether oxygens (including phenoxy) is 1. The average Bonchev–Trinajstić information content (AvgIpc) is 3.06. The number of nitrogens with one attached hydrogen (secondary N) is 1. The summed E-state index contributed by atoms with van der Waals surface area (Å²) in [4.78, 5) is 31.4. The molecule has 2 heterocycles. The van der Waals surface area contributed by atoms with E-state index in [0.717, 1.165) is 22.7 Å². The van der Waals surface area contributed by atoms with Crippen LogP contribution in [0.5, 0.6) is 11.5 Å². The van der Waals surface area contributed by atoms with Gasteiger partial charge in [0.25, 0.3) is 5.56 Å². The van der Waals surface area contributed by atoms with Crippen molar-refractivity contribution in [3.05, 3.63) is 137 Å². The van der Waals surface area contributed by atoms with Gasteiger partial charge in [-0.25, -0.2) is 4.79 Å². The molecule has 1 aliphatic heterocycles. The summed E-state index contributed by atoms with van der Waals surface area (Å²) in [5.41, 5.74) is 3.21. The van der Waals surface area contributed by atoms with Crippen LogP contribution in [0.1, 0.15) is 5.56 Å².